The summed E-state index contributed by atoms with van der Waals surface area (Å²) in [6.45, 7) is 4.10. The number of carbonyl (C=O) groups is 2. The fraction of sp³-hybridized carbons (Fsp3) is 0.529. The molecule has 0 fully saturated rings. The zero-order valence-corrected chi connectivity index (χ0v) is 26.3. The molecule has 3 rings (SSSR count). The molecule has 1 heterocycles. The number of hydrogen-bond donors (Lipinski definition) is 1. The molecule has 1 unspecified atom stereocenters. The minimum absolute atomic E-state index is 0.119. The van der Waals surface area contributed by atoms with Gasteiger partial charge in [-0.3, -0.25) is 4.79 Å². The van der Waals surface area contributed by atoms with Crippen molar-refractivity contribution in [2.24, 2.45) is 0 Å². The van der Waals surface area contributed by atoms with Gasteiger partial charge >= 0.3 is 5.97 Å². The Hall–Kier alpha value is -3.48. The van der Waals surface area contributed by atoms with Crippen LogP contribution in [0, 0.1) is 0 Å². The topological polar surface area (TPSA) is 103 Å². The van der Waals surface area contributed by atoms with Gasteiger partial charge in [-0.15, -0.1) is 5.10 Å². The zero-order valence-electron chi connectivity index (χ0n) is 25.6. The van der Waals surface area contributed by atoms with E-state index in [1.165, 1.54) is 94.4 Å². The summed E-state index contributed by atoms with van der Waals surface area (Å²) in [5.74, 6) is 0.755. The van der Waals surface area contributed by atoms with Crippen LogP contribution in [0.4, 0.5) is 5.69 Å². The number of amides is 1. The second-order valence-electron chi connectivity index (χ2n) is 11.1. The lowest BCUT2D eigenvalue weighted by atomic mass is 10.0. The number of hydrogen-bond acceptors (Lipinski definition) is 6. The lowest BCUT2D eigenvalue weighted by molar-refractivity contribution is -0.118. The molecule has 9 heteroatoms. The van der Waals surface area contributed by atoms with E-state index in [-0.39, 0.29) is 21.8 Å². The highest BCUT2D eigenvalue weighted by Crippen LogP contribution is 2.27. The van der Waals surface area contributed by atoms with Gasteiger partial charge in [-0.2, -0.15) is 0 Å². The van der Waals surface area contributed by atoms with Crippen LogP contribution in [0.2, 0.25) is 5.02 Å². The van der Waals surface area contributed by atoms with E-state index in [1.807, 2.05) is 6.07 Å². The summed E-state index contributed by atoms with van der Waals surface area (Å²) in [5.41, 5.74) is 1.79. The van der Waals surface area contributed by atoms with Crippen LogP contribution in [0.15, 0.2) is 48.0 Å². The van der Waals surface area contributed by atoms with Gasteiger partial charge in [-0.1, -0.05) is 119 Å². The van der Waals surface area contributed by atoms with Crippen molar-refractivity contribution in [3.05, 3.63) is 58.6 Å². The van der Waals surface area contributed by atoms with Crippen molar-refractivity contribution in [2.45, 2.75) is 110 Å². The van der Waals surface area contributed by atoms with Gasteiger partial charge in [0.25, 0.3) is 5.91 Å². The first-order valence-electron chi connectivity index (χ1n) is 15.7. The Morgan fingerprint density at radius 2 is 1.51 bits per heavy atom. The first kappa shape index (κ1) is 34.0. The normalized spacial score (nSPS) is 11.7. The summed E-state index contributed by atoms with van der Waals surface area (Å²) in [6, 6.07) is 10.6. The van der Waals surface area contributed by atoms with Gasteiger partial charge in [0.15, 0.2) is 6.04 Å². The number of rotatable bonds is 20. The van der Waals surface area contributed by atoms with E-state index in [9.17, 15) is 14.4 Å². The molecule has 0 aliphatic carbocycles. The third-order valence-corrected chi connectivity index (χ3v) is 7.96. The average molecular weight is 609 g/mol. The average Bonchev–Trinajstić information content (AvgIpc) is 3.43. The zero-order chi connectivity index (χ0) is 30.9. The highest BCUT2D eigenvalue weighted by molar-refractivity contribution is 6.34. The van der Waals surface area contributed by atoms with Crippen molar-refractivity contribution in [1.82, 2.24) is 15.0 Å². The Labute approximate surface area is 260 Å². The minimum Gasteiger partial charge on any atom is -0.462 e. The summed E-state index contributed by atoms with van der Waals surface area (Å²) >= 11 is 6.34. The summed E-state index contributed by atoms with van der Waals surface area (Å²) in [7, 11) is 0. The molecule has 232 valence electrons. The maximum atomic E-state index is 13.3. The van der Waals surface area contributed by atoms with E-state index in [2.05, 4.69) is 22.6 Å². The van der Waals surface area contributed by atoms with E-state index in [0.29, 0.717) is 17.6 Å². The molecule has 2 aromatic carbocycles. The van der Waals surface area contributed by atoms with Gasteiger partial charge in [0.2, 0.25) is 0 Å². The summed E-state index contributed by atoms with van der Waals surface area (Å²) in [6.07, 6.45) is 17.7. The number of halogens is 1. The summed E-state index contributed by atoms with van der Waals surface area (Å²) in [5, 5.41) is 11.1. The van der Waals surface area contributed by atoms with Crippen molar-refractivity contribution in [1.29, 1.82) is 0 Å². The molecule has 1 atom stereocenters. The number of esters is 1. The van der Waals surface area contributed by atoms with Gasteiger partial charge in [-0.25, -0.2) is 14.3 Å². The standard InChI is InChI=1S/C34H45ClN4O4/c1-3-4-5-6-7-8-9-10-11-12-13-14-15-18-23-43-34(42)27-21-22-28(35)30(24-27)36-33(41)32(26(2)25-40)39-31-20-17-16-19-29(31)37-38-39/h16-17,19-22,24,32H,3-15,18,23H2,1-2H3,(H,36,41). The second kappa shape index (κ2) is 18.9. The Morgan fingerprint density at radius 1 is 0.907 bits per heavy atom. The van der Waals surface area contributed by atoms with E-state index in [1.54, 1.807) is 30.2 Å². The van der Waals surface area contributed by atoms with Crippen LogP contribution in [0.5, 0.6) is 0 Å². The molecule has 1 amide bonds. The second-order valence-corrected chi connectivity index (χ2v) is 11.5. The molecule has 3 aromatic rings. The lowest BCUT2D eigenvalue weighted by Crippen LogP contribution is -2.28. The number of carbonyl (C=O) groups excluding carboxylic acids is 3. The van der Waals surface area contributed by atoms with Crippen molar-refractivity contribution < 1.29 is 19.1 Å². The number of fused-ring (bicyclic) bond motifs is 1. The lowest BCUT2D eigenvalue weighted by Gasteiger charge is -2.17. The van der Waals surface area contributed by atoms with Gasteiger partial charge in [0.1, 0.15) is 11.5 Å². The van der Waals surface area contributed by atoms with Crippen LogP contribution >= 0.6 is 11.6 Å². The molecule has 1 N–H and O–H groups in total. The predicted octanol–water partition coefficient (Wildman–Crippen LogP) is 8.68. The molecule has 8 nitrogen and oxygen atoms in total. The van der Waals surface area contributed by atoms with Gasteiger partial charge in [0.05, 0.1) is 28.4 Å². The Balaban J connectivity index is 1.41. The molecule has 0 radical (unpaired) electrons. The van der Waals surface area contributed by atoms with Crippen LogP contribution in [-0.4, -0.2) is 39.4 Å². The molecule has 1 aromatic heterocycles. The van der Waals surface area contributed by atoms with Crippen molar-refractivity contribution >= 4 is 46.1 Å². The number of para-hydroxylation sites is 1. The first-order chi connectivity index (χ1) is 21.0. The van der Waals surface area contributed by atoms with Crippen LogP contribution in [0.1, 0.15) is 120 Å². The maximum Gasteiger partial charge on any atom is 0.338 e. The predicted molar refractivity (Wildman–Crippen MR) is 172 cm³/mol. The van der Waals surface area contributed by atoms with Crippen LogP contribution in [0.3, 0.4) is 0 Å². The maximum absolute atomic E-state index is 13.3. The molecule has 43 heavy (non-hydrogen) atoms. The van der Waals surface area contributed by atoms with Crippen molar-refractivity contribution in [2.75, 3.05) is 11.9 Å². The van der Waals surface area contributed by atoms with Crippen LogP contribution < -0.4 is 5.32 Å². The molecule has 0 saturated carbocycles. The third kappa shape index (κ3) is 10.9. The Kier molecular flexibility index (Phi) is 15.0. The SMILES string of the molecule is CCCCCCCCCCCCCCCCOC(=O)c1ccc(Cl)c(NC(=O)C(C(C)=C=O)n2nnc3ccccc32)c1. The molecular weight excluding hydrogens is 564 g/mol. The quantitative estimate of drug-likeness (QED) is 0.0781. The Bertz CT molecular complexity index is 1370. The Morgan fingerprint density at radius 3 is 2.14 bits per heavy atom. The number of unbranched alkanes of at least 4 members (excludes halogenated alkanes) is 13. The molecule has 0 aliphatic heterocycles. The largest absolute Gasteiger partial charge is 0.462 e. The fourth-order valence-corrected chi connectivity index (χ4v) is 5.28. The van der Waals surface area contributed by atoms with E-state index >= 15 is 0 Å². The van der Waals surface area contributed by atoms with Crippen molar-refractivity contribution in [3.63, 3.8) is 0 Å². The van der Waals surface area contributed by atoms with Gasteiger partial charge < -0.3 is 10.1 Å². The molecule has 0 spiro atoms. The van der Waals surface area contributed by atoms with Crippen LogP contribution in [0.25, 0.3) is 11.0 Å². The molecule has 0 saturated heterocycles. The summed E-state index contributed by atoms with van der Waals surface area (Å²) < 4.78 is 6.84. The van der Waals surface area contributed by atoms with Gasteiger partial charge in [-0.05, 0) is 43.7 Å². The summed E-state index contributed by atoms with van der Waals surface area (Å²) in [4.78, 5) is 37.6. The molecule has 0 bridgehead atoms. The highest BCUT2D eigenvalue weighted by atomic mass is 35.5. The third-order valence-electron chi connectivity index (χ3n) is 7.63. The molecule has 0 aliphatic rings. The molecular formula is C34H45ClN4O4. The van der Waals surface area contributed by atoms with E-state index in [0.717, 1.165) is 19.3 Å². The first-order valence-corrected chi connectivity index (χ1v) is 16.1. The number of ether oxygens (including phenoxy) is 1. The number of benzene rings is 2. The number of anilines is 1. The van der Waals surface area contributed by atoms with Crippen LogP contribution in [-0.2, 0) is 14.3 Å². The minimum atomic E-state index is -1.10. The van der Waals surface area contributed by atoms with Gasteiger partial charge in [0, 0.05) is 5.57 Å². The van der Waals surface area contributed by atoms with E-state index < -0.39 is 17.9 Å². The van der Waals surface area contributed by atoms with E-state index in [4.69, 9.17) is 16.3 Å². The highest BCUT2D eigenvalue weighted by Gasteiger charge is 2.27. The number of nitrogens with one attached hydrogen (secondary N) is 1. The smallest absolute Gasteiger partial charge is 0.338 e. The number of aromatic nitrogens is 3. The number of nitrogens with zero attached hydrogens (tertiary/aromatic N) is 3. The van der Waals surface area contributed by atoms with Crippen molar-refractivity contribution in [3.8, 4) is 0 Å². The fourth-order valence-electron chi connectivity index (χ4n) is 5.12. The monoisotopic (exact) mass is 608 g/mol.